The van der Waals surface area contributed by atoms with Gasteiger partial charge in [-0.1, -0.05) is 18.9 Å². The van der Waals surface area contributed by atoms with Gasteiger partial charge in [0, 0.05) is 24.5 Å². The van der Waals surface area contributed by atoms with E-state index in [9.17, 15) is 14.7 Å². The number of carbonyl (C=O) groups is 2. The number of aliphatic hydroxyl groups is 1. The zero-order chi connectivity index (χ0) is 22.7. The normalized spacial score (nSPS) is 20.7. The quantitative estimate of drug-likeness (QED) is 0.397. The molecule has 7 nitrogen and oxygen atoms in total. The third-order valence-corrected chi connectivity index (χ3v) is 6.02. The molecule has 1 unspecified atom stereocenters. The van der Waals surface area contributed by atoms with E-state index in [2.05, 4.69) is 4.98 Å². The number of Topliss-reactive ketones (excluding diaryl/α,β-unsaturated/α-hetero) is 1. The fraction of sp³-hybridized carbons (Fsp3) is 0.400. The smallest absolute Gasteiger partial charge is 0.295 e. The van der Waals surface area contributed by atoms with Crippen LogP contribution in [0.4, 0.5) is 0 Å². The Hall–Kier alpha value is -3.35. The third kappa shape index (κ3) is 3.95. The van der Waals surface area contributed by atoms with E-state index in [1.54, 1.807) is 41.6 Å². The van der Waals surface area contributed by atoms with Crippen molar-refractivity contribution in [3.05, 3.63) is 59.4 Å². The highest BCUT2D eigenvalue weighted by Crippen LogP contribution is 2.44. The molecule has 1 amide bonds. The number of pyridine rings is 1. The van der Waals surface area contributed by atoms with Crippen molar-refractivity contribution in [3.8, 4) is 11.5 Å². The highest BCUT2D eigenvalue weighted by atomic mass is 16.5. The summed E-state index contributed by atoms with van der Waals surface area (Å²) in [6.07, 6.45) is 7.01. The molecular weight excluding hydrogens is 408 g/mol. The molecule has 1 aliphatic carbocycles. The molecule has 1 aromatic carbocycles. The lowest BCUT2D eigenvalue weighted by Gasteiger charge is -2.30. The van der Waals surface area contributed by atoms with Crippen LogP contribution in [0.3, 0.4) is 0 Å². The maximum Gasteiger partial charge on any atom is 0.295 e. The Morgan fingerprint density at radius 3 is 2.53 bits per heavy atom. The number of amides is 1. The first-order valence-electron chi connectivity index (χ1n) is 11.2. The number of ketones is 1. The van der Waals surface area contributed by atoms with Gasteiger partial charge in [-0.3, -0.25) is 14.6 Å². The van der Waals surface area contributed by atoms with Crippen molar-refractivity contribution in [1.29, 1.82) is 0 Å². The first kappa shape index (κ1) is 21.9. The molecule has 2 heterocycles. The third-order valence-electron chi connectivity index (χ3n) is 6.02. The van der Waals surface area contributed by atoms with Crippen molar-refractivity contribution in [2.45, 2.75) is 51.6 Å². The van der Waals surface area contributed by atoms with Crippen LogP contribution in [0.25, 0.3) is 5.76 Å². The monoisotopic (exact) mass is 436 g/mol. The van der Waals surface area contributed by atoms with Crippen LogP contribution in [0, 0.1) is 0 Å². The number of ether oxygens (including phenoxy) is 2. The summed E-state index contributed by atoms with van der Waals surface area (Å²) in [5.41, 5.74) is 1.12. The predicted molar refractivity (Wildman–Crippen MR) is 119 cm³/mol. The van der Waals surface area contributed by atoms with E-state index in [0.717, 1.165) is 25.7 Å². The van der Waals surface area contributed by atoms with Gasteiger partial charge in [0.1, 0.15) is 17.3 Å². The maximum atomic E-state index is 13.2. The van der Waals surface area contributed by atoms with Crippen molar-refractivity contribution in [1.82, 2.24) is 9.88 Å². The first-order valence-corrected chi connectivity index (χ1v) is 11.2. The molecule has 2 aliphatic rings. The molecule has 168 valence electrons. The molecule has 1 N–H and O–H groups in total. The average molecular weight is 437 g/mol. The second kappa shape index (κ2) is 9.42. The van der Waals surface area contributed by atoms with Crippen molar-refractivity contribution < 1.29 is 24.2 Å². The Labute approximate surface area is 187 Å². The summed E-state index contributed by atoms with van der Waals surface area (Å²) in [5, 5.41) is 11.4. The summed E-state index contributed by atoms with van der Waals surface area (Å²) in [5.74, 6) is -0.504. The molecule has 1 aromatic heterocycles. The van der Waals surface area contributed by atoms with Gasteiger partial charge >= 0.3 is 0 Å². The second-order valence-electron chi connectivity index (χ2n) is 7.95. The molecule has 1 saturated carbocycles. The number of hydrogen-bond donors (Lipinski definition) is 1. The van der Waals surface area contributed by atoms with Crippen molar-refractivity contribution >= 4 is 17.4 Å². The number of benzene rings is 1. The lowest BCUT2D eigenvalue weighted by Crippen LogP contribution is -2.37. The maximum absolute atomic E-state index is 13.2. The average Bonchev–Trinajstić information content (AvgIpc) is 3.41. The molecule has 0 spiro atoms. The zero-order valence-electron chi connectivity index (χ0n) is 18.4. The summed E-state index contributed by atoms with van der Waals surface area (Å²) in [6, 6.07) is 7.95. The molecule has 1 atom stereocenters. The SMILES string of the molecule is CCOc1ccc(/C(O)=C2/C(=O)C(=O)N(C3CCCC3)C2c2cccnc2)c(OCC)c1. The number of carbonyl (C=O) groups excluding carboxylic acids is 2. The molecule has 0 bridgehead atoms. The predicted octanol–water partition coefficient (Wildman–Crippen LogP) is 4.24. The Balaban J connectivity index is 1.87. The Morgan fingerprint density at radius 2 is 1.88 bits per heavy atom. The van der Waals surface area contributed by atoms with Gasteiger partial charge in [-0.15, -0.1) is 0 Å². The molecule has 2 aromatic rings. The van der Waals surface area contributed by atoms with Gasteiger partial charge in [0.15, 0.2) is 0 Å². The minimum atomic E-state index is -0.687. The van der Waals surface area contributed by atoms with E-state index in [1.165, 1.54) is 0 Å². The minimum Gasteiger partial charge on any atom is -0.507 e. The van der Waals surface area contributed by atoms with Crippen molar-refractivity contribution in [2.24, 2.45) is 0 Å². The molecule has 0 radical (unpaired) electrons. The summed E-state index contributed by atoms with van der Waals surface area (Å²) in [7, 11) is 0. The molecule has 32 heavy (non-hydrogen) atoms. The molecule has 1 saturated heterocycles. The van der Waals surface area contributed by atoms with E-state index in [4.69, 9.17) is 9.47 Å². The van der Waals surface area contributed by atoms with Gasteiger partial charge in [-0.25, -0.2) is 0 Å². The fourth-order valence-electron chi connectivity index (χ4n) is 4.65. The van der Waals surface area contributed by atoms with E-state index in [1.807, 2.05) is 19.9 Å². The number of nitrogens with zero attached hydrogens (tertiary/aromatic N) is 2. The van der Waals surface area contributed by atoms with Crippen LogP contribution >= 0.6 is 0 Å². The molecule has 1 aliphatic heterocycles. The largest absolute Gasteiger partial charge is 0.507 e. The lowest BCUT2D eigenvalue weighted by atomic mass is 9.95. The zero-order valence-corrected chi connectivity index (χ0v) is 18.4. The van der Waals surface area contributed by atoms with E-state index < -0.39 is 17.7 Å². The van der Waals surface area contributed by atoms with Gasteiger partial charge in [0.2, 0.25) is 0 Å². The van der Waals surface area contributed by atoms with E-state index in [-0.39, 0.29) is 17.4 Å². The van der Waals surface area contributed by atoms with Gasteiger partial charge in [-0.05, 0) is 50.5 Å². The number of rotatable bonds is 7. The molecule has 2 fully saturated rings. The Morgan fingerprint density at radius 1 is 1.12 bits per heavy atom. The van der Waals surface area contributed by atoms with Crippen molar-refractivity contribution in [2.75, 3.05) is 13.2 Å². The number of likely N-dealkylation sites (tertiary alicyclic amines) is 1. The summed E-state index contributed by atoms with van der Waals surface area (Å²) in [4.78, 5) is 32.2. The molecule has 7 heteroatoms. The fourth-order valence-corrected chi connectivity index (χ4v) is 4.65. The summed E-state index contributed by atoms with van der Waals surface area (Å²) >= 11 is 0. The van der Waals surface area contributed by atoms with Gasteiger partial charge < -0.3 is 19.5 Å². The van der Waals surface area contributed by atoms with Crippen LogP contribution < -0.4 is 9.47 Å². The van der Waals surface area contributed by atoms with Crippen LogP contribution in [0.2, 0.25) is 0 Å². The second-order valence-corrected chi connectivity index (χ2v) is 7.95. The standard InChI is InChI=1S/C25H28N2O5/c1-3-31-18-11-12-19(20(14-18)32-4-2)23(28)21-22(16-8-7-13-26-15-16)27(25(30)24(21)29)17-9-5-6-10-17/h7-8,11-15,17,22,28H,3-6,9-10H2,1-2H3/b23-21-. The molecule has 4 rings (SSSR count). The van der Waals surface area contributed by atoms with Gasteiger partial charge in [0.25, 0.3) is 11.7 Å². The Kier molecular flexibility index (Phi) is 6.44. The van der Waals surface area contributed by atoms with Crippen molar-refractivity contribution in [3.63, 3.8) is 0 Å². The first-order chi connectivity index (χ1) is 15.6. The number of aliphatic hydroxyl groups excluding tert-OH is 1. The van der Waals surface area contributed by atoms with Gasteiger partial charge in [0.05, 0.1) is 30.4 Å². The summed E-state index contributed by atoms with van der Waals surface area (Å²) < 4.78 is 11.3. The highest BCUT2D eigenvalue weighted by molar-refractivity contribution is 6.46. The van der Waals surface area contributed by atoms with Crippen LogP contribution in [-0.2, 0) is 9.59 Å². The summed E-state index contributed by atoms with van der Waals surface area (Å²) in [6.45, 7) is 4.58. The van der Waals surface area contributed by atoms with Crippen LogP contribution in [0.15, 0.2) is 48.3 Å². The number of hydrogen-bond acceptors (Lipinski definition) is 6. The number of aromatic nitrogens is 1. The Bertz CT molecular complexity index is 1030. The van der Waals surface area contributed by atoms with Crippen LogP contribution in [-0.4, -0.2) is 45.9 Å². The topological polar surface area (TPSA) is 89.0 Å². The van der Waals surface area contributed by atoms with Crippen LogP contribution in [0.1, 0.15) is 56.7 Å². The molecular formula is C25H28N2O5. The van der Waals surface area contributed by atoms with E-state index in [0.29, 0.717) is 35.8 Å². The minimum absolute atomic E-state index is 0.0337. The highest BCUT2D eigenvalue weighted by Gasteiger charge is 2.49. The van der Waals surface area contributed by atoms with Gasteiger partial charge in [-0.2, -0.15) is 0 Å². The lowest BCUT2D eigenvalue weighted by molar-refractivity contribution is -0.141. The van der Waals surface area contributed by atoms with E-state index >= 15 is 0 Å². The van der Waals surface area contributed by atoms with Crippen LogP contribution in [0.5, 0.6) is 11.5 Å².